The lowest BCUT2D eigenvalue weighted by Gasteiger charge is -2.05. The van der Waals surface area contributed by atoms with E-state index in [0.717, 1.165) is 9.35 Å². The van der Waals surface area contributed by atoms with Crippen LogP contribution in [0.4, 0.5) is 5.69 Å². The zero-order chi connectivity index (χ0) is 13.8. The summed E-state index contributed by atoms with van der Waals surface area (Å²) in [5, 5.41) is 16.5. The maximum atomic E-state index is 10.9. The number of hydrogen-bond donors (Lipinski definition) is 1. The Morgan fingerprint density at radius 2 is 2.16 bits per heavy atom. The summed E-state index contributed by atoms with van der Waals surface area (Å²) in [5.41, 5.74) is 0.673. The van der Waals surface area contributed by atoms with E-state index >= 15 is 0 Å². The van der Waals surface area contributed by atoms with Gasteiger partial charge in [0.25, 0.3) is 5.69 Å². The highest BCUT2D eigenvalue weighted by molar-refractivity contribution is 9.10. The highest BCUT2D eigenvalue weighted by Gasteiger charge is 2.13. The largest absolute Gasteiger partial charge is 0.307 e. The molecule has 0 unspecified atom stereocenters. The summed E-state index contributed by atoms with van der Waals surface area (Å²) in [7, 11) is 0. The first-order chi connectivity index (χ1) is 9.08. The molecule has 1 aromatic carbocycles. The van der Waals surface area contributed by atoms with Crippen LogP contribution in [0.25, 0.3) is 0 Å². The van der Waals surface area contributed by atoms with Crippen LogP contribution in [0.15, 0.2) is 34.1 Å². The lowest BCUT2D eigenvalue weighted by Crippen LogP contribution is -2.13. The highest BCUT2D eigenvalue weighted by atomic mass is 79.9. The van der Waals surface area contributed by atoms with Gasteiger partial charge in [-0.3, -0.25) is 10.1 Å². The van der Waals surface area contributed by atoms with E-state index in [2.05, 4.69) is 21.2 Å². The minimum atomic E-state index is -0.413. The van der Waals surface area contributed by atoms with E-state index in [4.69, 9.17) is 11.6 Å². The van der Waals surface area contributed by atoms with Gasteiger partial charge in [0.2, 0.25) is 0 Å². The van der Waals surface area contributed by atoms with Crippen molar-refractivity contribution in [2.75, 3.05) is 0 Å². The van der Waals surface area contributed by atoms with Gasteiger partial charge < -0.3 is 5.32 Å². The van der Waals surface area contributed by atoms with E-state index in [1.165, 1.54) is 6.07 Å². The van der Waals surface area contributed by atoms with Crippen LogP contribution in [0.2, 0.25) is 5.02 Å². The van der Waals surface area contributed by atoms with Gasteiger partial charge in [0.15, 0.2) is 0 Å². The average Bonchev–Trinajstić information content (AvgIpc) is 2.77. The van der Waals surface area contributed by atoms with Gasteiger partial charge in [-0.25, -0.2) is 0 Å². The molecule has 2 rings (SSSR count). The molecule has 0 spiro atoms. The van der Waals surface area contributed by atoms with Crippen molar-refractivity contribution in [3.63, 3.8) is 0 Å². The maximum absolute atomic E-state index is 10.9. The predicted molar refractivity (Wildman–Crippen MR) is 80.7 cm³/mol. The fraction of sp³-hybridized carbons (Fsp3) is 0.167. The first-order valence-corrected chi connectivity index (χ1v) is 7.48. The molecule has 0 saturated heterocycles. The van der Waals surface area contributed by atoms with Gasteiger partial charge in [0, 0.05) is 39.1 Å². The monoisotopic (exact) mass is 360 g/mol. The van der Waals surface area contributed by atoms with E-state index in [9.17, 15) is 10.1 Å². The molecule has 7 heteroatoms. The van der Waals surface area contributed by atoms with Crippen molar-refractivity contribution in [3.8, 4) is 0 Å². The smallest absolute Gasteiger partial charge is 0.275 e. The molecule has 0 aliphatic carbocycles. The Labute approximate surface area is 127 Å². The van der Waals surface area contributed by atoms with Gasteiger partial charge in [0.1, 0.15) is 0 Å². The third-order valence-corrected chi connectivity index (χ3v) is 4.70. The number of benzene rings is 1. The normalized spacial score (nSPS) is 10.6. The van der Waals surface area contributed by atoms with Crippen LogP contribution in [0.1, 0.15) is 10.4 Å². The fourth-order valence-electron chi connectivity index (χ4n) is 1.62. The summed E-state index contributed by atoms with van der Waals surface area (Å²) in [6.45, 7) is 1.09. The van der Waals surface area contributed by atoms with Gasteiger partial charge in [-0.15, -0.1) is 11.3 Å². The summed E-state index contributed by atoms with van der Waals surface area (Å²) in [6, 6.07) is 6.69. The quantitative estimate of drug-likeness (QED) is 0.636. The second-order valence-electron chi connectivity index (χ2n) is 3.83. The van der Waals surface area contributed by atoms with E-state index in [1.807, 2.05) is 11.4 Å². The van der Waals surface area contributed by atoms with Crippen LogP contribution in [0.3, 0.4) is 0 Å². The van der Waals surface area contributed by atoms with Crippen molar-refractivity contribution >= 4 is 44.6 Å². The lowest BCUT2D eigenvalue weighted by molar-refractivity contribution is -0.385. The molecule has 0 amide bonds. The van der Waals surface area contributed by atoms with Gasteiger partial charge in [-0.05, 0) is 39.5 Å². The number of hydrogen-bond acceptors (Lipinski definition) is 4. The molecule has 0 radical (unpaired) electrons. The molecule has 0 atom stereocenters. The molecule has 1 N–H and O–H groups in total. The number of nitrogens with zero attached hydrogens (tertiary/aromatic N) is 1. The molecule has 0 fully saturated rings. The second kappa shape index (κ2) is 6.47. The zero-order valence-electron chi connectivity index (χ0n) is 9.73. The summed E-state index contributed by atoms with van der Waals surface area (Å²) < 4.78 is 1.05. The first kappa shape index (κ1) is 14.5. The molecule has 19 heavy (non-hydrogen) atoms. The molecule has 1 aromatic heterocycles. The topological polar surface area (TPSA) is 55.2 Å². The van der Waals surface area contributed by atoms with E-state index in [0.29, 0.717) is 23.7 Å². The van der Waals surface area contributed by atoms with Gasteiger partial charge >= 0.3 is 0 Å². The molecule has 0 aliphatic rings. The van der Waals surface area contributed by atoms with Crippen molar-refractivity contribution in [3.05, 3.63) is 59.7 Å². The molecule has 0 bridgehead atoms. The summed E-state index contributed by atoms with van der Waals surface area (Å²) >= 11 is 10.8. The highest BCUT2D eigenvalue weighted by Crippen LogP contribution is 2.24. The molecule has 4 nitrogen and oxygen atoms in total. The van der Waals surface area contributed by atoms with Crippen LogP contribution >= 0.6 is 38.9 Å². The molecule has 1 heterocycles. The maximum Gasteiger partial charge on any atom is 0.275 e. The Bertz CT molecular complexity index is 603. The Morgan fingerprint density at radius 1 is 1.37 bits per heavy atom. The van der Waals surface area contributed by atoms with Gasteiger partial charge in [-0.2, -0.15) is 0 Å². The van der Waals surface area contributed by atoms with Crippen LogP contribution in [-0.2, 0) is 13.1 Å². The Hall–Kier alpha value is -0.950. The number of nitrogens with one attached hydrogen (secondary N) is 1. The van der Waals surface area contributed by atoms with Crippen molar-refractivity contribution in [2.24, 2.45) is 0 Å². The summed E-state index contributed by atoms with van der Waals surface area (Å²) in [6.07, 6.45) is 0. The number of thiophene rings is 1. The Morgan fingerprint density at radius 3 is 2.79 bits per heavy atom. The minimum absolute atomic E-state index is 0.0465. The van der Waals surface area contributed by atoms with Crippen LogP contribution in [0.5, 0.6) is 0 Å². The Balaban J connectivity index is 2.03. The lowest BCUT2D eigenvalue weighted by atomic mass is 10.2. The second-order valence-corrected chi connectivity index (χ2v) is 6.12. The summed E-state index contributed by atoms with van der Waals surface area (Å²) in [5.74, 6) is 0. The number of nitro benzene ring substituents is 1. The van der Waals surface area contributed by atoms with Gasteiger partial charge in [-0.1, -0.05) is 11.6 Å². The van der Waals surface area contributed by atoms with Gasteiger partial charge in [0.05, 0.1) is 4.92 Å². The van der Waals surface area contributed by atoms with Crippen molar-refractivity contribution < 1.29 is 4.92 Å². The fourth-order valence-corrected chi connectivity index (χ4v) is 3.25. The number of nitro groups is 1. The number of halogens is 2. The SMILES string of the molecule is O=[N+]([O-])c1cc(Cl)ccc1CNCc1sccc1Br. The Kier molecular flexibility index (Phi) is 4.93. The molecule has 100 valence electrons. The van der Waals surface area contributed by atoms with Crippen molar-refractivity contribution in [1.82, 2.24) is 5.32 Å². The predicted octanol–water partition coefficient (Wildman–Crippen LogP) is 4.36. The molecular weight excluding hydrogens is 352 g/mol. The molecule has 0 aliphatic heterocycles. The third-order valence-electron chi connectivity index (χ3n) is 2.54. The van der Waals surface area contributed by atoms with E-state index < -0.39 is 4.92 Å². The number of rotatable bonds is 5. The van der Waals surface area contributed by atoms with Crippen molar-refractivity contribution in [1.29, 1.82) is 0 Å². The molecular formula is C12H10BrClN2O2S. The van der Waals surface area contributed by atoms with E-state index in [-0.39, 0.29) is 5.69 Å². The van der Waals surface area contributed by atoms with Crippen LogP contribution < -0.4 is 5.32 Å². The van der Waals surface area contributed by atoms with Crippen LogP contribution in [-0.4, -0.2) is 4.92 Å². The zero-order valence-corrected chi connectivity index (χ0v) is 12.9. The average molecular weight is 362 g/mol. The molecule has 2 aromatic rings. The standard InChI is InChI=1S/C12H10BrClN2O2S/c13-10-3-4-19-12(10)7-15-6-8-1-2-9(14)5-11(8)16(17)18/h1-5,15H,6-7H2. The molecule has 0 saturated carbocycles. The summed E-state index contributed by atoms with van der Waals surface area (Å²) in [4.78, 5) is 11.7. The first-order valence-electron chi connectivity index (χ1n) is 5.43. The minimum Gasteiger partial charge on any atom is -0.307 e. The van der Waals surface area contributed by atoms with Crippen LogP contribution in [0, 0.1) is 10.1 Å². The van der Waals surface area contributed by atoms with E-state index in [1.54, 1.807) is 23.5 Å². The third kappa shape index (κ3) is 3.76. The van der Waals surface area contributed by atoms with Crippen molar-refractivity contribution in [2.45, 2.75) is 13.1 Å².